The molecule has 4 saturated heterocycles. The highest BCUT2D eigenvalue weighted by molar-refractivity contribution is 8.64. The molecule has 250 valence electrons. The second-order valence-electron chi connectivity index (χ2n) is 17.3. The van der Waals surface area contributed by atoms with Crippen molar-refractivity contribution < 1.29 is 23.7 Å². The van der Waals surface area contributed by atoms with E-state index in [1.54, 1.807) is 0 Å². The first-order valence-electron chi connectivity index (χ1n) is 17.2. The maximum Gasteiger partial charge on any atom is 0.306 e. The average molecular weight is 653 g/mol. The molecule has 0 radical (unpaired) electrons. The summed E-state index contributed by atoms with van der Waals surface area (Å²) in [4.78, 5) is 13.0. The number of esters is 1. The molecule has 4 heterocycles. The quantitative estimate of drug-likeness (QED) is 0.0427. The predicted octanol–water partition coefficient (Wildman–Crippen LogP) is 6.77. The van der Waals surface area contributed by atoms with Crippen LogP contribution in [0.5, 0.6) is 0 Å². The number of fused-ring (bicyclic) bond motifs is 2. The van der Waals surface area contributed by atoms with E-state index in [2.05, 4.69) is 64.0 Å². The highest BCUT2D eigenvalue weighted by atomic mass is 33.1. The van der Waals surface area contributed by atoms with Gasteiger partial charge in [-0.3, -0.25) is 10.2 Å². The zero-order valence-electron chi connectivity index (χ0n) is 28.4. The van der Waals surface area contributed by atoms with Crippen molar-refractivity contribution in [2.75, 3.05) is 0 Å². The van der Waals surface area contributed by atoms with Gasteiger partial charge in [-0.05, 0) is 106 Å². The van der Waals surface area contributed by atoms with Gasteiger partial charge in [-0.2, -0.15) is 4.31 Å². The zero-order valence-corrected chi connectivity index (χ0v) is 30.1. The molecule has 6 unspecified atom stereocenters. The molecule has 6 atom stereocenters. The lowest BCUT2D eigenvalue weighted by molar-refractivity contribution is -0.157. The molecule has 0 aromatic heterocycles. The van der Waals surface area contributed by atoms with Crippen molar-refractivity contribution in [3.05, 3.63) is 0 Å². The molecule has 6 fully saturated rings. The minimum absolute atomic E-state index is 0.0316. The molecule has 6 rings (SSSR count). The normalized spacial score (nSPS) is 37.8. The number of ether oxygens (including phenoxy) is 4. The molecule has 0 aromatic rings. The summed E-state index contributed by atoms with van der Waals surface area (Å²) in [6.45, 7) is 18.5. The number of nitrogens with zero attached hydrogens (tertiary/aromatic N) is 2. The van der Waals surface area contributed by atoms with Crippen molar-refractivity contribution >= 4 is 33.8 Å². The Kier molecular flexibility index (Phi) is 9.24. The lowest BCUT2D eigenvalue weighted by atomic mass is 9.80. The Morgan fingerprint density at radius 1 is 0.727 bits per heavy atom. The molecule has 8 nitrogen and oxygen atoms in total. The topological polar surface area (TPSA) is 90.9 Å². The van der Waals surface area contributed by atoms with Crippen molar-refractivity contribution in [3.8, 4) is 0 Å². The molecule has 0 spiro atoms. The lowest BCUT2D eigenvalue weighted by Crippen LogP contribution is -2.63. The summed E-state index contributed by atoms with van der Waals surface area (Å²) in [6.07, 6.45) is 13.1. The molecule has 2 saturated carbocycles. The second-order valence-corrected chi connectivity index (χ2v) is 19.4. The SMILES string of the molecule is CC1(C)CC(OC(=O)CC2CCC3OC3C2)CC(C)(C)N1S[SH+]N1C(C)(C)CC(OC(=N)CC2CCC3OC3C2)CC1(C)C. The Bertz CT molecular complexity index is 979. The third-order valence-electron chi connectivity index (χ3n) is 11.1. The Morgan fingerprint density at radius 3 is 1.73 bits per heavy atom. The molecule has 10 heteroatoms. The van der Waals surface area contributed by atoms with Crippen LogP contribution in [0, 0.1) is 17.2 Å². The fourth-order valence-corrected chi connectivity index (χ4v) is 13.8. The van der Waals surface area contributed by atoms with Gasteiger partial charge in [0.05, 0.1) is 35.5 Å². The third-order valence-corrected chi connectivity index (χ3v) is 14.8. The molecule has 0 bridgehead atoms. The number of epoxide rings is 2. The van der Waals surface area contributed by atoms with E-state index in [1.165, 1.54) is 11.0 Å². The maximum absolute atomic E-state index is 13.0. The predicted molar refractivity (Wildman–Crippen MR) is 179 cm³/mol. The van der Waals surface area contributed by atoms with Gasteiger partial charge in [-0.1, -0.05) is 0 Å². The van der Waals surface area contributed by atoms with Crippen LogP contribution in [0.2, 0.25) is 0 Å². The Morgan fingerprint density at radius 2 is 1.20 bits per heavy atom. The number of carbonyl (C=O) groups is 1. The van der Waals surface area contributed by atoms with E-state index in [0.717, 1.165) is 70.6 Å². The summed E-state index contributed by atoms with van der Waals surface area (Å²) in [6, 6.07) is 0. The van der Waals surface area contributed by atoms with Gasteiger partial charge in [0.15, 0.2) is 5.90 Å². The largest absolute Gasteiger partial charge is 0.478 e. The number of thiol groups is 1. The van der Waals surface area contributed by atoms with Crippen LogP contribution in [0.1, 0.15) is 132 Å². The minimum atomic E-state index is -0.125. The van der Waals surface area contributed by atoms with E-state index in [0.29, 0.717) is 48.6 Å². The van der Waals surface area contributed by atoms with Gasteiger partial charge in [-0.15, -0.1) is 4.31 Å². The Balaban J connectivity index is 1.00. The van der Waals surface area contributed by atoms with Crippen LogP contribution in [-0.2, 0) is 34.7 Å². The van der Waals surface area contributed by atoms with E-state index in [1.807, 2.05) is 11.0 Å². The van der Waals surface area contributed by atoms with Crippen LogP contribution in [0.3, 0.4) is 0 Å². The first-order chi connectivity index (χ1) is 20.5. The molecule has 6 aliphatic rings. The summed E-state index contributed by atoms with van der Waals surface area (Å²) >= 11 is 0. The van der Waals surface area contributed by atoms with Crippen LogP contribution in [-0.4, -0.2) is 79.3 Å². The summed E-state index contributed by atoms with van der Waals surface area (Å²) in [7, 11) is 3.11. The number of hydrogen-bond acceptors (Lipinski definition) is 9. The van der Waals surface area contributed by atoms with E-state index in [-0.39, 0.29) is 40.3 Å². The number of nitrogens with one attached hydrogen (secondary N) is 1. The van der Waals surface area contributed by atoms with Gasteiger partial charge in [0.2, 0.25) is 11.0 Å². The molecular weight excluding hydrogens is 595 g/mol. The van der Waals surface area contributed by atoms with Gasteiger partial charge in [0.1, 0.15) is 23.2 Å². The number of hydrogen-bond donors (Lipinski definition) is 1. The smallest absolute Gasteiger partial charge is 0.306 e. The van der Waals surface area contributed by atoms with E-state index < -0.39 is 0 Å². The summed E-state index contributed by atoms with van der Waals surface area (Å²) < 4.78 is 29.1. The molecule has 2 aliphatic carbocycles. The standard InChI is InChI=1S/C34H57N3O5S2/c1-31(2)17-23(39-29(35)15-21-9-11-25-27(13-21)41-25)18-32(3,4)36(31)43-44-37-33(5,6)19-24(20-34(37,7)8)40-30(38)16-22-10-12-26-28(14-22)42-26/h21-28,35H,9-20H2,1-8H3/p+1. The van der Waals surface area contributed by atoms with E-state index >= 15 is 0 Å². The highest BCUT2D eigenvalue weighted by Crippen LogP contribution is 2.49. The molecule has 44 heavy (non-hydrogen) atoms. The van der Waals surface area contributed by atoms with Crippen molar-refractivity contribution in [1.82, 2.24) is 8.61 Å². The molecule has 1 N–H and O–H groups in total. The number of rotatable bonds is 9. The molecule has 0 aromatic carbocycles. The summed E-state index contributed by atoms with van der Waals surface area (Å²) in [5.74, 6) is 1.36. The first kappa shape index (κ1) is 33.4. The average Bonchev–Trinajstić information content (AvgIpc) is 3.77. The Hall–Kier alpha value is -0.520. The van der Waals surface area contributed by atoms with Gasteiger partial charge < -0.3 is 18.9 Å². The lowest BCUT2D eigenvalue weighted by Gasteiger charge is -2.53. The van der Waals surface area contributed by atoms with Crippen LogP contribution in [0.25, 0.3) is 0 Å². The summed E-state index contributed by atoms with van der Waals surface area (Å²) in [5, 5.41) is 8.66. The zero-order chi connectivity index (χ0) is 31.7. The van der Waals surface area contributed by atoms with Crippen molar-refractivity contribution in [2.24, 2.45) is 11.8 Å². The third kappa shape index (κ3) is 7.61. The van der Waals surface area contributed by atoms with E-state index in [4.69, 9.17) is 24.4 Å². The number of piperidine rings is 2. The summed E-state index contributed by atoms with van der Waals surface area (Å²) in [5.41, 5.74) is -0.401. The van der Waals surface area contributed by atoms with Crippen molar-refractivity contribution in [2.45, 2.75) is 191 Å². The van der Waals surface area contributed by atoms with Crippen LogP contribution < -0.4 is 0 Å². The maximum atomic E-state index is 13.0. The van der Waals surface area contributed by atoms with Gasteiger partial charge in [0, 0.05) is 49.6 Å². The Labute approximate surface area is 273 Å². The molecule has 4 aliphatic heterocycles. The number of carbonyl (C=O) groups excluding carboxylic acids is 1. The fourth-order valence-electron chi connectivity index (χ4n) is 9.36. The molecule has 0 amide bonds. The van der Waals surface area contributed by atoms with Gasteiger partial charge >= 0.3 is 5.97 Å². The second kappa shape index (κ2) is 12.2. The van der Waals surface area contributed by atoms with Crippen LogP contribution >= 0.6 is 11.0 Å². The fraction of sp³-hybridized carbons (Fsp3) is 0.941. The van der Waals surface area contributed by atoms with Crippen LogP contribution in [0.4, 0.5) is 0 Å². The highest BCUT2D eigenvalue weighted by Gasteiger charge is 2.55. The van der Waals surface area contributed by atoms with Crippen LogP contribution in [0.15, 0.2) is 0 Å². The molecular formula is C34H58N3O5S2+. The van der Waals surface area contributed by atoms with Gasteiger partial charge in [0.25, 0.3) is 0 Å². The monoisotopic (exact) mass is 652 g/mol. The first-order valence-corrected chi connectivity index (χ1v) is 19.5. The van der Waals surface area contributed by atoms with Crippen molar-refractivity contribution in [1.29, 1.82) is 5.41 Å². The van der Waals surface area contributed by atoms with E-state index in [9.17, 15) is 4.79 Å². The van der Waals surface area contributed by atoms with Crippen molar-refractivity contribution in [3.63, 3.8) is 0 Å². The minimum Gasteiger partial charge on any atom is -0.478 e. The van der Waals surface area contributed by atoms with Gasteiger partial charge in [-0.25, -0.2) is 0 Å².